The van der Waals surface area contributed by atoms with Crippen LogP contribution >= 0.6 is 14.1 Å². The van der Waals surface area contributed by atoms with Crippen molar-refractivity contribution in [2.75, 3.05) is 20.9 Å². The highest BCUT2D eigenvalue weighted by molar-refractivity contribution is 8.02. The van der Waals surface area contributed by atoms with E-state index in [1.807, 2.05) is 123 Å². The molecule has 0 saturated carbocycles. The van der Waals surface area contributed by atoms with Gasteiger partial charge in [0.25, 0.3) is 0 Å². The first-order valence-electron chi connectivity index (χ1n) is 13.9. The molecule has 0 aliphatic carbocycles. The van der Waals surface area contributed by atoms with Gasteiger partial charge in [0.1, 0.15) is 11.5 Å². The van der Waals surface area contributed by atoms with Gasteiger partial charge in [0.15, 0.2) is 11.5 Å². The molecule has 0 aromatic heterocycles. The van der Waals surface area contributed by atoms with Crippen LogP contribution in [0.3, 0.4) is 0 Å². The van der Waals surface area contributed by atoms with Gasteiger partial charge in [0, 0.05) is 0 Å². The van der Waals surface area contributed by atoms with Gasteiger partial charge in [-0.25, -0.2) is 0 Å². The van der Waals surface area contributed by atoms with Crippen molar-refractivity contribution < 1.29 is 18.5 Å². The summed E-state index contributed by atoms with van der Waals surface area (Å²) in [5.41, 5.74) is 4.07. The number of benzene rings is 4. The quantitative estimate of drug-likeness (QED) is 0.0537. The Morgan fingerprint density at radius 3 is 1.40 bits per heavy atom. The lowest BCUT2D eigenvalue weighted by molar-refractivity contribution is 0.120. The minimum absolute atomic E-state index is 0.112. The summed E-state index contributed by atoms with van der Waals surface area (Å²) < 4.78 is 26.4. The third kappa shape index (κ3) is 11.3. The number of hydrogen-bond donors (Lipinski definition) is 0. The summed E-state index contributed by atoms with van der Waals surface area (Å²) >= 11 is 11.0. The van der Waals surface area contributed by atoms with E-state index in [0.717, 1.165) is 33.8 Å². The molecule has 230 valence electrons. The maximum absolute atomic E-state index is 5.94. The van der Waals surface area contributed by atoms with E-state index in [4.69, 9.17) is 42.1 Å². The summed E-state index contributed by atoms with van der Waals surface area (Å²) in [6, 6.07) is 30.6. The standard InChI is InChI=1S/C33H34N4O4P2S2/c1-5-6-27-9-17-30(18-10-27)38-25-39-31-19-11-28(12-20-31)23-34-37(4)43(45)41-33-21-13-29(14-22-33)24-35-36(3)42(44)40-32-15-7-26(2)8-16-32/h5-24H,25H2,1-4H3/q+2/b6-5+,34-23+,35-24+. The van der Waals surface area contributed by atoms with Crippen molar-refractivity contribution in [2.45, 2.75) is 13.8 Å². The molecule has 0 saturated heterocycles. The van der Waals surface area contributed by atoms with Crippen LogP contribution in [0.2, 0.25) is 0 Å². The molecule has 2 unspecified atom stereocenters. The Balaban J connectivity index is 1.19. The molecule has 12 heteroatoms. The highest BCUT2D eigenvalue weighted by atomic mass is 32.4. The summed E-state index contributed by atoms with van der Waals surface area (Å²) in [6.07, 6.45) is 7.48. The highest BCUT2D eigenvalue weighted by Gasteiger charge is 2.21. The monoisotopic (exact) mass is 676 g/mol. The zero-order chi connectivity index (χ0) is 32.0. The molecule has 0 N–H and O–H groups in total. The number of hydrazone groups is 2. The Hall–Kier alpha value is -4.20. The Kier molecular flexibility index (Phi) is 13.0. The van der Waals surface area contributed by atoms with Crippen molar-refractivity contribution >= 4 is 56.3 Å². The van der Waals surface area contributed by atoms with Crippen molar-refractivity contribution in [3.63, 3.8) is 0 Å². The minimum Gasteiger partial charge on any atom is -0.458 e. The fourth-order valence-electron chi connectivity index (χ4n) is 3.58. The number of hydrogen-bond acceptors (Lipinski definition) is 8. The molecule has 0 fully saturated rings. The van der Waals surface area contributed by atoms with Crippen molar-refractivity contribution in [2.24, 2.45) is 10.2 Å². The van der Waals surface area contributed by atoms with Crippen molar-refractivity contribution in [3.05, 3.63) is 125 Å². The Labute approximate surface area is 276 Å². The molecule has 0 radical (unpaired) electrons. The van der Waals surface area contributed by atoms with Gasteiger partial charge in [0.05, 0.1) is 26.5 Å². The van der Waals surface area contributed by atoms with Gasteiger partial charge in [-0.05, 0) is 103 Å². The molecule has 45 heavy (non-hydrogen) atoms. The first-order chi connectivity index (χ1) is 21.8. The van der Waals surface area contributed by atoms with E-state index in [1.165, 1.54) is 0 Å². The first-order valence-corrected chi connectivity index (χ1v) is 18.3. The predicted octanol–water partition coefficient (Wildman–Crippen LogP) is 8.68. The molecule has 4 aromatic rings. The van der Waals surface area contributed by atoms with Gasteiger partial charge >= 0.3 is 14.1 Å². The molecular weight excluding hydrogens is 642 g/mol. The lowest BCUT2D eigenvalue weighted by Crippen LogP contribution is -2.05. The van der Waals surface area contributed by atoms with E-state index in [0.29, 0.717) is 11.5 Å². The predicted molar refractivity (Wildman–Crippen MR) is 192 cm³/mol. The zero-order valence-electron chi connectivity index (χ0n) is 25.4. The van der Waals surface area contributed by atoms with E-state index in [9.17, 15) is 0 Å². The van der Waals surface area contributed by atoms with Gasteiger partial charge in [-0.3, -0.25) is 9.05 Å². The van der Waals surface area contributed by atoms with E-state index in [1.54, 1.807) is 36.1 Å². The van der Waals surface area contributed by atoms with Crippen LogP contribution < -0.4 is 18.5 Å². The number of ether oxygens (including phenoxy) is 2. The van der Waals surface area contributed by atoms with Crippen LogP contribution in [0.25, 0.3) is 6.08 Å². The third-order valence-electron chi connectivity index (χ3n) is 6.06. The average molecular weight is 677 g/mol. The molecule has 4 rings (SSSR count). The average Bonchev–Trinajstić information content (AvgIpc) is 3.05. The summed E-state index contributed by atoms with van der Waals surface area (Å²) in [5.74, 6) is 2.82. The highest BCUT2D eigenvalue weighted by Crippen LogP contribution is 2.32. The van der Waals surface area contributed by atoms with Crippen molar-refractivity contribution in [1.29, 1.82) is 0 Å². The normalized spacial score (nSPS) is 11.9. The Morgan fingerprint density at radius 1 is 0.600 bits per heavy atom. The number of aryl methyl sites for hydroxylation is 1. The Bertz CT molecular complexity index is 1650. The second-order valence-corrected chi connectivity index (χ2v) is 13.9. The van der Waals surface area contributed by atoms with Crippen LogP contribution in [0.4, 0.5) is 0 Å². The lowest BCUT2D eigenvalue weighted by Gasteiger charge is -2.09. The topological polar surface area (TPSA) is 68.1 Å². The van der Waals surface area contributed by atoms with Crippen molar-refractivity contribution in [1.82, 2.24) is 9.56 Å². The van der Waals surface area contributed by atoms with E-state index >= 15 is 0 Å². The van der Waals surface area contributed by atoms with Crippen molar-refractivity contribution in [3.8, 4) is 23.0 Å². The number of rotatable bonds is 15. The Morgan fingerprint density at radius 2 is 0.978 bits per heavy atom. The van der Waals surface area contributed by atoms with E-state index in [2.05, 4.69) is 10.2 Å². The largest absolute Gasteiger partial charge is 0.540 e. The summed E-state index contributed by atoms with van der Waals surface area (Å²) in [7, 11) is 0.840. The summed E-state index contributed by atoms with van der Waals surface area (Å²) in [4.78, 5) is 0. The van der Waals surface area contributed by atoms with E-state index < -0.39 is 14.1 Å². The molecule has 0 amide bonds. The number of allylic oxidation sites excluding steroid dienone is 1. The van der Waals surface area contributed by atoms with Gasteiger partial charge < -0.3 is 9.47 Å². The molecule has 0 bridgehead atoms. The molecule has 0 spiro atoms. The molecular formula is C33H34N4O4P2S2+2. The van der Waals surface area contributed by atoms with Gasteiger partial charge in [-0.1, -0.05) is 51.5 Å². The van der Waals surface area contributed by atoms with Crippen LogP contribution in [0, 0.1) is 6.92 Å². The third-order valence-corrected chi connectivity index (χ3v) is 9.81. The second kappa shape index (κ2) is 17.3. The maximum Gasteiger partial charge on any atom is 0.540 e. The van der Waals surface area contributed by atoms with Crippen LogP contribution in [0.5, 0.6) is 23.0 Å². The van der Waals surface area contributed by atoms with Crippen LogP contribution in [-0.2, 0) is 23.6 Å². The SMILES string of the molecule is C/C=C/c1ccc(OCOc2ccc(/C=N/N(C)[P+](=S)Oc3ccc(/C=N/N(C)[P+](=S)Oc4ccc(C)cc4)cc3)cc2)cc1. The molecule has 0 heterocycles. The van der Waals surface area contributed by atoms with Gasteiger partial charge in [-0.2, -0.15) is 0 Å². The molecule has 2 atom stereocenters. The first kappa shape index (κ1) is 33.7. The summed E-state index contributed by atoms with van der Waals surface area (Å²) in [5, 5.41) is 8.88. The van der Waals surface area contributed by atoms with Gasteiger partial charge in [-0.15, -0.1) is 10.2 Å². The van der Waals surface area contributed by atoms with Crippen LogP contribution in [-0.4, -0.2) is 42.9 Å². The van der Waals surface area contributed by atoms with Crippen LogP contribution in [0.15, 0.2) is 113 Å². The minimum atomic E-state index is -1.41. The molecule has 4 aromatic carbocycles. The zero-order valence-corrected chi connectivity index (χ0v) is 28.8. The fraction of sp³-hybridized carbons (Fsp3) is 0.152. The molecule has 0 aliphatic rings. The van der Waals surface area contributed by atoms with Gasteiger partial charge in [0.2, 0.25) is 30.4 Å². The van der Waals surface area contributed by atoms with E-state index in [-0.39, 0.29) is 6.79 Å². The maximum atomic E-state index is 5.94. The molecule has 0 aliphatic heterocycles. The molecule has 8 nitrogen and oxygen atoms in total. The fourth-order valence-corrected chi connectivity index (χ4v) is 5.46. The van der Waals surface area contributed by atoms with Crippen LogP contribution in [0.1, 0.15) is 29.2 Å². The smallest absolute Gasteiger partial charge is 0.458 e. The lowest BCUT2D eigenvalue weighted by atomic mass is 10.2. The second-order valence-electron chi connectivity index (χ2n) is 9.55. The number of nitrogens with zero attached hydrogens (tertiary/aromatic N) is 4. The summed E-state index contributed by atoms with van der Waals surface area (Å²) in [6.45, 7) is 4.13.